The molecule has 0 spiro atoms. The zero-order chi connectivity index (χ0) is 15.4. The SMILES string of the molecule is N#CC(=CNc1ccccc1N1CCOC1=O)c1nn[nH]n1. The number of anilines is 2. The minimum absolute atomic E-state index is 0.188. The van der Waals surface area contributed by atoms with Gasteiger partial charge in [0.05, 0.1) is 17.9 Å². The fraction of sp³-hybridized carbons (Fsp3) is 0.154. The molecule has 0 saturated carbocycles. The van der Waals surface area contributed by atoms with E-state index in [2.05, 4.69) is 25.9 Å². The summed E-state index contributed by atoms with van der Waals surface area (Å²) >= 11 is 0. The second-order valence-corrected chi connectivity index (χ2v) is 4.33. The van der Waals surface area contributed by atoms with E-state index in [4.69, 9.17) is 10.00 Å². The molecule has 0 radical (unpaired) electrons. The first-order valence-corrected chi connectivity index (χ1v) is 6.43. The van der Waals surface area contributed by atoms with Crippen LogP contribution in [0.4, 0.5) is 16.2 Å². The van der Waals surface area contributed by atoms with E-state index in [0.717, 1.165) is 0 Å². The van der Waals surface area contributed by atoms with Crippen molar-refractivity contribution in [3.05, 3.63) is 36.3 Å². The summed E-state index contributed by atoms with van der Waals surface area (Å²) in [6, 6.07) is 9.21. The zero-order valence-electron chi connectivity index (χ0n) is 11.4. The second-order valence-electron chi connectivity index (χ2n) is 4.33. The fourth-order valence-electron chi connectivity index (χ4n) is 2.02. The minimum Gasteiger partial charge on any atom is -0.447 e. The number of nitriles is 1. The Morgan fingerprint density at radius 2 is 2.36 bits per heavy atom. The topological polar surface area (TPSA) is 120 Å². The van der Waals surface area contributed by atoms with Gasteiger partial charge in [0.1, 0.15) is 18.2 Å². The first-order valence-electron chi connectivity index (χ1n) is 6.43. The van der Waals surface area contributed by atoms with E-state index in [1.165, 1.54) is 11.1 Å². The number of tetrazole rings is 1. The van der Waals surface area contributed by atoms with Crippen molar-refractivity contribution in [2.75, 3.05) is 23.4 Å². The number of H-pyrrole nitrogens is 1. The van der Waals surface area contributed by atoms with E-state index in [1.54, 1.807) is 12.1 Å². The lowest BCUT2D eigenvalue weighted by Crippen LogP contribution is -2.24. The fourth-order valence-corrected chi connectivity index (χ4v) is 2.02. The van der Waals surface area contributed by atoms with Crippen molar-refractivity contribution < 1.29 is 9.53 Å². The van der Waals surface area contributed by atoms with Gasteiger partial charge in [-0.15, -0.1) is 10.2 Å². The first-order chi connectivity index (χ1) is 10.8. The number of aromatic nitrogens is 4. The van der Waals surface area contributed by atoms with E-state index in [9.17, 15) is 4.79 Å². The second kappa shape index (κ2) is 5.92. The highest BCUT2D eigenvalue weighted by Gasteiger charge is 2.25. The summed E-state index contributed by atoms with van der Waals surface area (Å²) in [5.41, 5.74) is 1.55. The molecule has 2 aromatic rings. The van der Waals surface area contributed by atoms with Crippen LogP contribution in [0, 0.1) is 11.3 Å². The number of allylic oxidation sites excluding steroid dienone is 1. The number of carbonyl (C=O) groups is 1. The Bertz CT molecular complexity index is 748. The van der Waals surface area contributed by atoms with E-state index in [-0.39, 0.29) is 11.4 Å². The maximum Gasteiger partial charge on any atom is 0.414 e. The van der Waals surface area contributed by atoms with Gasteiger partial charge in [-0.1, -0.05) is 12.1 Å². The van der Waals surface area contributed by atoms with Gasteiger partial charge >= 0.3 is 6.09 Å². The number of hydrogen-bond acceptors (Lipinski definition) is 7. The van der Waals surface area contributed by atoms with Crippen molar-refractivity contribution in [2.45, 2.75) is 0 Å². The third kappa shape index (κ3) is 2.57. The van der Waals surface area contributed by atoms with Gasteiger partial charge in [-0.25, -0.2) is 4.79 Å². The minimum atomic E-state index is -0.392. The molecule has 9 heteroatoms. The van der Waals surface area contributed by atoms with Gasteiger partial charge in [-0.3, -0.25) is 4.90 Å². The molecule has 9 nitrogen and oxygen atoms in total. The third-order valence-corrected chi connectivity index (χ3v) is 3.03. The van der Waals surface area contributed by atoms with Gasteiger partial charge in [-0.2, -0.15) is 10.5 Å². The highest BCUT2D eigenvalue weighted by Crippen LogP contribution is 2.28. The zero-order valence-corrected chi connectivity index (χ0v) is 11.4. The molecule has 2 heterocycles. The summed E-state index contributed by atoms with van der Waals surface area (Å²) < 4.78 is 4.94. The molecule has 1 amide bonds. The summed E-state index contributed by atoms with van der Waals surface area (Å²) in [6.07, 6.45) is 1.07. The van der Waals surface area contributed by atoms with Crippen LogP contribution in [0.15, 0.2) is 30.5 Å². The maximum absolute atomic E-state index is 11.7. The quantitative estimate of drug-likeness (QED) is 0.811. The van der Waals surface area contributed by atoms with Crippen molar-refractivity contribution in [3.63, 3.8) is 0 Å². The molecule has 1 aromatic carbocycles. The Kier molecular flexibility index (Phi) is 3.65. The van der Waals surface area contributed by atoms with E-state index in [0.29, 0.717) is 24.5 Å². The van der Waals surface area contributed by atoms with Crippen LogP contribution in [-0.4, -0.2) is 39.9 Å². The van der Waals surface area contributed by atoms with Crippen LogP contribution in [0.25, 0.3) is 5.57 Å². The molecule has 0 bridgehead atoms. The molecule has 1 aliphatic heterocycles. The average molecular weight is 297 g/mol. The molecule has 2 N–H and O–H groups in total. The molecule has 1 saturated heterocycles. The maximum atomic E-state index is 11.7. The van der Waals surface area contributed by atoms with E-state index in [1.807, 2.05) is 18.2 Å². The summed E-state index contributed by atoms with van der Waals surface area (Å²) in [6.45, 7) is 0.840. The Morgan fingerprint density at radius 1 is 1.50 bits per heavy atom. The molecular weight excluding hydrogens is 286 g/mol. The number of nitrogens with one attached hydrogen (secondary N) is 2. The number of rotatable bonds is 4. The normalized spacial score (nSPS) is 14.6. The Morgan fingerprint density at radius 3 is 3.05 bits per heavy atom. The van der Waals surface area contributed by atoms with Crippen molar-refractivity contribution in [1.82, 2.24) is 20.6 Å². The Hall–Kier alpha value is -3.41. The van der Waals surface area contributed by atoms with Gasteiger partial charge in [0.15, 0.2) is 0 Å². The number of cyclic esters (lactones) is 1. The summed E-state index contributed by atoms with van der Waals surface area (Å²) in [5.74, 6) is 0.188. The molecular formula is C13H11N7O2. The third-order valence-electron chi connectivity index (χ3n) is 3.03. The molecule has 1 aliphatic rings. The van der Waals surface area contributed by atoms with Crippen molar-refractivity contribution in [1.29, 1.82) is 5.26 Å². The summed E-state index contributed by atoms with van der Waals surface area (Å²) in [4.78, 5) is 13.2. The lowest BCUT2D eigenvalue weighted by molar-refractivity contribution is 0.181. The molecule has 0 aliphatic carbocycles. The standard InChI is InChI=1S/C13H11N7O2/c14-7-9(12-16-18-19-17-12)8-15-10-3-1-2-4-11(10)20-5-6-22-13(20)21/h1-4,8,15H,5-6H2,(H,16,17,18,19). The Balaban J connectivity index is 1.87. The average Bonchev–Trinajstić information content (AvgIpc) is 3.20. The molecule has 110 valence electrons. The molecule has 1 aromatic heterocycles. The predicted molar refractivity (Wildman–Crippen MR) is 76.5 cm³/mol. The van der Waals surface area contributed by atoms with E-state index >= 15 is 0 Å². The van der Waals surface area contributed by atoms with Gasteiger partial charge in [0, 0.05) is 6.20 Å². The van der Waals surface area contributed by atoms with Gasteiger partial charge < -0.3 is 10.1 Å². The largest absolute Gasteiger partial charge is 0.447 e. The van der Waals surface area contributed by atoms with Crippen LogP contribution in [0.3, 0.4) is 0 Å². The number of carbonyl (C=O) groups excluding carboxylic acids is 1. The predicted octanol–water partition coefficient (Wildman–Crippen LogP) is 1.13. The van der Waals surface area contributed by atoms with Crippen LogP contribution in [-0.2, 0) is 4.74 Å². The first kappa shape index (κ1) is 13.6. The molecule has 3 rings (SSSR count). The highest BCUT2D eigenvalue weighted by atomic mass is 16.6. The number of hydrogen-bond donors (Lipinski definition) is 2. The summed E-state index contributed by atoms with van der Waals surface area (Å²) in [7, 11) is 0. The molecule has 22 heavy (non-hydrogen) atoms. The van der Waals surface area contributed by atoms with Crippen LogP contribution < -0.4 is 10.2 Å². The highest BCUT2D eigenvalue weighted by molar-refractivity contribution is 5.94. The number of aromatic amines is 1. The molecule has 1 fully saturated rings. The monoisotopic (exact) mass is 297 g/mol. The van der Waals surface area contributed by atoms with Crippen LogP contribution in [0.5, 0.6) is 0 Å². The smallest absolute Gasteiger partial charge is 0.414 e. The van der Waals surface area contributed by atoms with Crippen LogP contribution >= 0.6 is 0 Å². The van der Waals surface area contributed by atoms with Gasteiger partial charge in [-0.05, 0) is 17.3 Å². The van der Waals surface area contributed by atoms with Crippen LogP contribution in [0.2, 0.25) is 0 Å². The molecule has 0 unspecified atom stereocenters. The number of para-hydroxylation sites is 2. The number of amides is 1. The lowest BCUT2D eigenvalue weighted by atomic mass is 10.2. The van der Waals surface area contributed by atoms with Crippen LogP contribution in [0.1, 0.15) is 5.82 Å². The molecule has 0 atom stereocenters. The summed E-state index contributed by atoms with van der Waals surface area (Å²) in [5, 5.41) is 25.3. The number of nitrogens with zero attached hydrogens (tertiary/aromatic N) is 5. The van der Waals surface area contributed by atoms with Gasteiger partial charge in [0.2, 0.25) is 5.82 Å². The van der Waals surface area contributed by atoms with Crippen molar-refractivity contribution in [3.8, 4) is 6.07 Å². The number of ether oxygens (including phenoxy) is 1. The van der Waals surface area contributed by atoms with Crippen molar-refractivity contribution >= 4 is 23.0 Å². The Labute approximate surface area is 125 Å². The lowest BCUT2D eigenvalue weighted by Gasteiger charge is -2.16. The number of benzene rings is 1. The van der Waals surface area contributed by atoms with Gasteiger partial charge in [0.25, 0.3) is 0 Å². The van der Waals surface area contributed by atoms with Crippen molar-refractivity contribution in [2.24, 2.45) is 0 Å². The van der Waals surface area contributed by atoms with E-state index < -0.39 is 6.09 Å².